The van der Waals surface area contributed by atoms with Crippen molar-refractivity contribution in [2.75, 3.05) is 5.32 Å². The SMILES string of the molecule is CC(Cc1ccc(Br)cc1)Nc1cccc(O)c1. The van der Waals surface area contributed by atoms with Gasteiger partial charge in [-0.1, -0.05) is 34.1 Å². The smallest absolute Gasteiger partial charge is 0.117 e. The summed E-state index contributed by atoms with van der Waals surface area (Å²) in [5, 5.41) is 12.8. The number of anilines is 1. The number of hydrogen-bond donors (Lipinski definition) is 2. The topological polar surface area (TPSA) is 32.3 Å². The maximum absolute atomic E-state index is 9.40. The van der Waals surface area contributed by atoms with Crippen molar-refractivity contribution in [2.45, 2.75) is 19.4 Å². The lowest BCUT2D eigenvalue weighted by Crippen LogP contribution is -2.17. The van der Waals surface area contributed by atoms with Crippen LogP contribution in [-0.2, 0) is 6.42 Å². The fourth-order valence-electron chi connectivity index (χ4n) is 1.91. The molecule has 1 atom stereocenters. The number of nitrogens with one attached hydrogen (secondary N) is 1. The van der Waals surface area contributed by atoms with Crippen LogP contribution in [0, 0.1) is 0 Å². The Morgan fingerprint density at radius 1 is 1.17 bits per heavy atom. The largest absolute Gasteiger partial charge is 0.508 e. The van der Waals surface area contributed by atoms with Crippen LogP contribution in [0.5, 0.6) is 5.75 Å². The van der Waals surface area contributed by atoms with E-state index in [9.17, 15) is 5.11 Å². The quantitative estimate of drug-likeness (QED) is 0.887. The third kappa shape index (κ3) is 3.77. The molecule has 2 aromatic rings. The molecule has 2 nitrogen and oxygen atoms in total. The van der Waals surface area contributed by atoms with E-state index in [0.29, 0.717) is 6.04 Å². The number of halogens is 1. The summed E-state index contributed by atoms with van der Waals surface area (Å²) in [7, 11) is 0. The summed E-state index contributed by atoms with van der Waals surface area (Å²) in [6.45, 7) is 2.13. The molecule has 0 radical (unpaired) electrons. The maximum Gasteiger partial charge on any atom is 0.117 e. The number of hydrogen-bond acceptors (Lipinski definition) is 2. The summed E-state index contributed by atoms with van der Waals surface area (Å²) in [4.78, 5) is 0. The minimum atomic E-state index is 0.288. The minimum absolute atomic E-state index is 0.288. The fraction of sp³-hybridized carbons (Fsp3) is 0.200. The fourth-order valence-corrected chi connectivity index (χ4v) is 2.17. The van der Waals surface area contributed by atoms with Crippen LogP contribution in [0.25, 0.3) is 0 Å². The number of phenolic OH excluding ortho intramolecular Hbond substituents is 1. The normalized spacial score (nSPS) is 12.1. The molecule has 0 aliphatic carbocycles. The summed E-state index contributed by atoms with van der Waals surface area (Å²) in [5.74, 6) is 0.288. The van der Waals surface area contributed by atoms with Crippen LogP contribution in [0.2, 0.25) is 0 Å². The molecule has 0 spiro atoms. The Morgan fingerprint density at radius 3 is 2.56 bits per heavy atom. The van der Waals surface area contributed by atoms with Crippen molar-refractivity contribution in [1.29, 1.82) is 0 Å². The first kappa shape index (κ1) is 13.0. The zero-order chi connectivity index (χ0) is 13.0. The molecule has 0 aromatic heterocycles. The summed E-state index contributed by atoms with van der Waals surface area (Å²) in [5.41, 5.74) is 2.23. The molecule has 0 aliphatic heterocycles. The molecule has 2 aromatic carbocycles. The molecule has 2 rings (SSSR count). The molecule has 0 saturated carbocycles. The minimum Gasteiger partial charge on any atom is -0.508 e. The van der Waals surface area contributed by atoms with Gasteiger partial charge in [-0.25, -0.2) is 0 Å². The van der Waals surface area contributed by atoms with E-state index in [1.165, 1.54) is 5.56 Å². The van der Waals surface area contributed by atoms with Crippen molar-refractivity contribution in [1.82, 2.24) is 0 Å². The van der Waals surface area contributed by atoms with Gasteiger partial charge in [0.1, 0.15) is 5.75 Å². The molecule has 0 saturated heterocycles. The van der Waals surface area contributed by atoms with Crippen LogP contribution < -0.4 is 5.32 Å². The number of rotatable bonds is 4. The van der Waals surface area contributed by atoms with Crippen molar-refractivity contribution >= 4 is 21.6 Å². The van der Waals surface area contributed by atoms with Crippen LogP contribution in [0.4, 0.5) is 5.69 Å². The van der Waals surface area contributed by atoms with Gasteiger partial charge in [-0.2, -0.15) is 0 Å². The van der Waals surface area contributed by atoms with Gasteiger partial charge >= 0.3 is 0 Å². The Balaban J connectivity index is 1.96. The van der Waals surface area contributed by atoms with Crippen molar-refractivity contribution in [2.24, 2.45) is 0 Å². The standard InChI is InChI=1S/C15H16BrNO/c1-11(9-12-5-7-13(16)8-6-12)17-14-3-2-4-15(18)10-14/h2-8,10-11,17-18H,9H2,1H3. The molecule has 18 heavy (non-hydrogen) atoms. The third-order valence-electron chi connectivity index (χ3n) is 2.71. The van der Waals surface area contributed by atoms with Crippen molar-refractivity contribution < 1.29 is 5.11 Å². The van der Waals surface area contributed by atoms with E-state index < -0.39 is 0 Å². The maximum atomic E-state index is 9.40. The lowest BCUT2D eigenvalue weighted by molar-refractivity contribution is 0.475. The molecule has 0 aliphatic rings. The van der Waals surface area contributed by atoms with E-state index >= 15 is 0 Å². The summed E-state index contributed by atoms with van der Waals surface area (Å²) >= 11 is 3.43. The van der Waals surface area contributed by atoms with Crippen LogP contribution >= 0.6 is 15.9 Å². The van der Waals surface area contributed by atoms with Gasteiger partial charge in [-0.05, 0) is 43.2 Å². The Labute approximate surface area is 116 Å². The van der Waals surface area contributed by atoms with Gasteiger partial charge in [-0.15, -0.1) is 0 Å². The second-order valence-electron chi connectivity index (χ2n) is 4.43. The zero-order valence-corrected chi connectivity index (χ0v) is 11.8. The van der Waals surface area contributed by atoms with E-state index in [-0.39, 0.29) is 5.75 Å². The molecule has 94 valence electrons. The van der Waals surface area contributed by atoms with Gasteiger partial charge < -0.3 is 10.4 Å². The van der Waals surface area contributed by atoms with Crippen LogP contribution in [0.1, 0.15) is 12.5 Å². The molecular weight excluding hydrogens is 290 g/mol. The molecule has 0 fully saturated rings. The molecule has 3 heteroatoms. The number of aromatic hydroxyl groups is 1. The van der Waals surface area contributed by atoms with E-state index in [4.69, 9.17) is 0 Å². The second-order valence-corrected chi connectivity index (χ2v) is 5.34. The summed E-state index contributed by atoms with van der Waals surface area (Å²) in [6.07, 6.45) is 0.947. The van der Waals surface area contributed by atoms with E-state index in [1.54, 1.807) is 12.1 Å². The monoisotopic (exact) mass is 305 g/mol. The van der Waals surface area contributed by atoms with E-state index in [1.807, 2.05) is 12.1 Å². The third-order valence-corrected chi connectivity index (χ3v) is 3.24. The highest BCUT2D eigenvalue weighted by Crippen LogP contribution is 2.18. The van der Waals surface area contributed by atoms with Gasteiger partial charge in [0.15, 0.2) is 0 Å². The predicted octanol–water partition coefficient (Wildman–Crippen LogP) is 4.20. The van der Waals surface area contributed by atoms with Crippen LogP contribution in [0.15, 0.2) is 53.0 Å². The van der Waals surface area contributed by atoms with E-state index in [0.717, 1.165) is 16.6 Å². The van der Waals surface area contributed by atoms with Gasteiger partial charge in [0, 0.05) is 22.3 Å². The predicted molar refractivity (Wildman–Crippen MR) is 79.0 cm³/mol. The van der Waals surface area contributed by atoms with Gasteiger partial charge in [0.25, 0.3) is 0 Å². The molecule has 0 bridgehead atoms. The Hall–Kier alpha value is -1.48. The van der Waals surface area contributed by atoms with Crippen molar-refractivity contribution in [3.8, 4) is 5.75 Å². The Bertz CT molecular complexity index is 510. The van der Waals surface area contributed by atoms with Gasteiger partial charge in [0.05, 0.1) is 0 Å². The van der Waals surface area contributed by atoms with Gasteiger partial charge in [0.2, 0.25) is 0 Å². The molecular formula is C15H16BrNO. The Kier molecular flexibility index (Phi) is 4.26. The zero-order valence-electron chi connectivity index (χ0n) is 10.2. The lowest BCUT2D eigenvalue weighted by atomic mass is 10.1. The first-order valence-electron chi connectivity index (χ1n) is 5.93. The molecule has 0 heterocycles. The average Bonchev–Trinajstić information content (AvgIpc) is 2.32. The molecule has 2 N–H and O–H groups in total. The molecule has 0 amide bonds. The first-order valence-corrected chi connectivity index (χ1v) is 6.73. The highest BCUT2D eigenvalue weighted by Gasteiger charge is 2.04. The lowest BCUT2D eigenvalue weighted by Gasteiger charge is -2.15. The first-order chi connectivity index (χ1) is 8.63. The van der Waals surface area contributed by atoms with Crippen molar-refractivity contribution in [3.63, 3.8) is 0 Å². The molecule has 1 unspecified atom stereocenters. The summed E-state index contributed by atoms with van der Waals surface area (Å²) in [6, 6.07) is 15.8. The highest BCUT2D eigenvalue weighted by atomic mass is 79.9. The van der Waals surface area contributed by atoms with Gasteiger partial charge in [-0.3, -0.25) is 0 Å². The number of benzene rings is 2. The second kappa shape index (κ2) is 5.91. The average molecular weight is 306 g/mol. The van der Waals surface area contributed by atoms with Crippen LogP contribution in [0.3, 0.4) is 0 Å². The van der Waals surface area contributed by atoms with Crippen molar-refractivity contribution in [3.05, 3.63) is 58.6 Å². The van der Waals surface area contributed by atoms with Crippen LogP contribution in [-0.4, -0.2) is 11.1 Å². The van der Waals surface area contributed by atoms with E-state index in [2.05, 4.69) is 52.4 Å². The Morgan fingerprint density at radius 2 is 1.89 bits per heavy atom. The number of phenols is 1. The summed E-state index contributed by atoms with van der Waals surface area (Å²) < 4.78 is 1.10. The highest BCUT2D eigenvalue weighted by molar-refractivity contribution is 9.10.